The van der Waals surface area contributed by atoms with E-state index in [0.717, 1.165) is 89.6 Å². The Bertz CT molecular complexity index is 3770. The van der Waals surface area contributed by atoms with E-state index in [1.807, 2.05) is 141 Å². The first-order valence-corrected chi connectivity index (χ1v) is 29.0. The maximum atomic E-state index is 14.5. The quantitative estimate of drug-likeness (QED) is 0.0161. The van der Waals surface area contributed by atoms with Crippen molar-refractivity contribution in [2.24, 2.45) is 30.0 Å². The monoisotopic (exact) mass is 1180 g/mol. The molecule has 87 heavy (non-hydrogen) atoms. The Balaban J connectivity index is 1.06. The second-order valence-electron chi connectivity index (χ2n) is 20.5. The van der Waals surface area contributed by atoms with Crippen molar-refractivity contribution >= 4 is 42.1 Å². The zero-order valence-corrected chi connectivity index (χ0v) is 49.5. The lowest BCUT2D eigenvalue weighted by atomic mass is 10.1. The number of benzene rings is 5. The van der Waals surface area contributed by atoms with Gasteiger partial charge in [0.1, 0.15) is 0 Å². The van der Waals surface area contributed by atoms with E-state index in [0.29, 0.717) is 82.1 Å². The van der Waals surface area contributed by atoms with Crippen molar-refractivity contribution < 1.29 is 28.7 Å². The number of allylic oxidation sites excluding steroid dienone is 4. The summed E-state index contributed by atoms with van der Waals surface area (Å²) in [5.74, 6) is -0.431. The molecule has 0 spiro atoms. The molecule has 0 fully saturated rings. The van der Waals surface area contributed by atoms with Crippen molar-refractivity contribution in [3.05, 3.63) is 232 Å². The molecule has 0 saturated carbocycles. The predicted molar refractivity (Wildman–Crippen MR) is 335 cm³/mol. The fourth-order valence-corrected chi connectivity index (χ4v) is 8.95. The van der Waals surface area contributed by atoms with E-state index >= 15 is 0 Å². The third-order valence-corrected chi connectivity index (χ3v) is 13.3. The molecule has 1 aliphatic carbocycles. The Morgan fingerprint density at radius 1 is 0.540 bits per heavy atom. The number of unbranched alkanes of at least 4 members (excludes halogenated alkanes) is 2. The molecule has 7 rings (SSSR count). The second kappa shape index (κ2) is 35.4. The van der Waals surface area contributed by atoms with Crippen molar-refractivity contribution in [2.75, 3.05) is 19.8 Å². The van der Waals surface area contributed by atoms with E-state index < -0.39 is 35.2 Å². The van der Waals surface area contributed by atoms with Crippen LogP contribution in [0.2, 0.25) is 0 Å². The molecule has 0 saturated heterocycles. The number of amides is 2. The molecule has 0 radical (unpaired) electrons. The van der Waals surface area contributed by atoms with E-state index in [9.17, 15) is 28.8 Å². The molecule has 452 valence electrons. The van der Waals surface area contributed by atoms with E-state index in [2.05, 4.69) is 53.1 Å². The molecular weight excluding hydrogens is 1100 g/mol. The Morgan fingerprint density at radius 2 is 0.943 bits per heavy atom. The molecule has 0 atom stereocenters. The van der Waals surface area contributed by atoms with Gasteiger partial charge in [-0.05, 0) is 80.1 Å². The number of aromatic nitrogens is 3. The second-order valence-corrected chi connectivity index (χ2v) is 20.5. The first-order chi connectivity index (χ1) is 42.4. The van der Waals surface area contributed by atoms with Gasteiger partial charge < -0.3 is 24.9 Å². The minimum absolute atomic E-state index is 0.129. The van der Waals surface area contributed by atoms with Gasteiger partial charge in [0.15, 0.2) is 0 Å². The van der Waals surface area contributed by atoms with Crippen LogP contribution >= 0.6 is 0 Å². The fraction of sp³-hybridized carbons (Fsp3) is 0.333. The molecule has 0 aliphatic heterocycles. The highest BCUT2D eigenvalue weighted by Gasteiger charge is 2.19. The summed E-state index contributed by atoms with van der Waals surface area (Å²) in [7, 11) is 0. The lowest BCUT2D eigenvalue weighted by molar-refractivity contribution is -0.148. The number of nitrogens with one attached hydrogen (secondary N) is 3. The molecule has 0 bridgehead atoms. The van der Waals surface area contributed by atoms with Crippen LogP contribution in [0.4, 0.5) is 9.59 Å². The largest absolute Gasteiger partial charge is 0.450 e. The normalized spacial score (nSPS) is 12.2. The third kappa shape index (κ3) is 22.5. The van der Waals surface area contributed by atoms with Gasteiger partial charge in [-0.15, -0.1) is 5.48 Å². The minimum Gasteiger partial charge on any atom is -0.450 e. The van der Waals surface area contributed by atoms with Crippen LogP contribution in [-0.2, 0) is 91.1 Å². The smallest absolute Gasteiger partial charge is 0.407 e. The van der Waals surface area contributed by atoms with Gasteiger partial charge in [-0.3, -0.25) is 14.8 Å². The first kappa shape index (κ1) is 64.6. The molecule has 1 heterocycles. The van der Waals surface area contributed by atoms with Gasteiger partial charge in [0, 0.05) is 38.4 Å². The Morgan fingerprint density at radius 3 is 1.39 bits per heavy atom. The Hall–Kier alpha value is -9.94. The number of nitrogens with zero attached hydrogens (tertiary/aromatic N) is 9. The van der Waals surface area contributed by atoms with Gasteiger partial charge >= 0.3 is 35.2 Å². The zero-order chi connectivity index (χ0) is 61.4. The third-order valence-electron chi connectivity index (χ3n) is 13.3. The van der Waals surface area contributed by atoms with Gasteiger partial charge in [-0.1, -0.05) is 160 Å². The summed E-state index contributed by atoms with van der Waals surface area (Å²) in [5, 5.41) is 5.55. The SMILES string of the molecule is CCCCOC(=O)NCc1cccc(CN=C=NCc2cccc(Cn3c(=O)n(CC4=CC(=NCC=NCc5cccc(CNC(=O)OCCCC)c5)CC=C4)c(=O)n(Cc4cccc(CN=C=NCc5cccc(CNOC(C)=O)c5)c4)c3=O)c2)c1. The summed E-state index contributed by atoms with van der Waals surface area (Å²) >= 11 is 0. The van der Waals surface area contributed by atoms with Gasteiger partial charge in [0.25, 0.3) is 0 Å². The van der Waals surface area contributed by atoms with Crippen LogP contribution in [0.15, 0.2) is 189 Å². The summed E-state index contributed by atoms with van der Waals surface area (Å²) in [4.78, 5) is 110. The van der Waals surface area contributed by atoms with Crippen molar-refractivity contribution in [1.82, 2.24) is 29.8 Å². The van der Waals surface area contributed by atoms with E-state index in [-0.39, 0.29) is 32.7 Å². The topological polar surface area (TPSA) is 255 Å². The molecular formula is C66H74N12O9. The lowest BCUT2D eigenvalue weighted by Crippen LogP contribution is -2.55. The number of aliphatic imine (C=N–C) groups is 6. The minimum atomic E-state index is -0.772. The first-order valence-electron chi connectivity index (χ1n) is 29.0. The zero-order valence-electron chi connectivity index (χ0n) is 49.5. The molecule has 0 unspecified atom stereocenters. The van der Waals surface area contributed by atoms with Crippen LogP contribution in [0.1, 0.15) is 109 Å². The van der Waals surface area contributed by atoms with Crippen molar-refractivity contribution in [2.45, 2.75) is 125 Å². The van der Waals surface area contributed by atoms with E-state index in [1.165, 1.54) is 6.92 Å². The molecule has 3 N–H and O–H groups in total. The van der Waals surface area contributed by atoms with Crippen LogP contribution in [0, 0.1) is 0 Å². The summed E-state index contributed by atoms with van der Waals surface area (Å²) < 4.78 is 13.6. The fourth-order valence-electron chi connectivity index (χ4n) is 8.95. The number of ether oxygens (including phenoxy) is 2. The number of rotatable bonds is 31. The number of carbonyl (C=O) groups excluding carboxylic acids is 3. The Kier molecular flexibility index (Phi) is 26.3. The number of hydroxylamine groups is 1. The highest BCUT2D eigenvalue weighted by atomic mass is 16.7. The maximum absolute atomic E-state index is 14.5. The molecule has 2 amide bonds. The number of hydrogen-bond donors (Lipinski definition) is 3. The average molecular weight is 1180 g/mol. The molecule has 6 aromatic rings. The van der Waals surface area contributed by atoms with Crippen LogP contribution in [-0.4, -0.2) is 75.6 Å². The van der Waals surface area contributed by atoms with Gasteiger partial charge in [0.05, 0.1) is 90.7 Å². The number of hydrogen-bond acceptors (Lipinski definition) is 16. The number of carbonyl (C=O) groups is 3. The Labute approximate surface area is 505 Å². The van der Waals surface area contributed by atoms with Crippen molar-refractivity contribution in [3.63, 3.8) is 0 Å². The van der Waals surface area contributed by atoms with E-state index in [1.54, 1.807) is 18.3 Å². The average Bonchev–Trinajstić information content (AvgIpc) is 3.49. The van der Waals surface area contributed by atoms with Gasteiger partial charge in [-0.25, -0.2) is 57.6 Å². The van der Waals surface area contributed by atoms with E-state index in [4.69, 9.17) is 19.3 Å². The van der Waals surface area contributed by atoms with Crippen molar-refractivity contribution in [1.29, 1.82) is 0 Å². The molecule has 21 heteroatoms. The summed E-state index contributed by atoms with van der Waals surface area (Å²) in [6.07, 6.45) is 10.5. The van der Waals surface area contributed by atoms with Crippen LogP contribution in [0.3, 0.4) is 0 Å². The molecule has 21 nitrogen and oxygen atoms in total. The van der Waals surface area contributed by atoms with Crippen LogP contribution in [0.5, 0.6) is 0 Å². The maximum Gasteiger partial charge on any atom is 0.407 e. The van der Waals surface area contributed by atoms with Crippen LogP contribution in [0.25, 0.3) is 0 Å². The van der Waals surface area contributed by atoms with Gasteiger partial charge in [-0.2, -0.15) is 0 Å². The summed E-state index contributed by atoms with van der Waals surface area (Å²) in [6, 6.07) is 43.3. The summed E-state index contributed by atoms with van der Waals surface area (Å²) in [6.45, 7) is 8.56. The highest BCUT2D eigenvalue weighted by molar-refractivity contribution is 5.98. The predicted octanol–water partition coefficient (Wildman–Crippen LogP) is 9.24. The highest BCUT2D eigenvalue weighted by Crippen LogP contribution is 2.14. The van der Waals surface area contributed by atoms with Crippen LogP contribution < -0.4 is 33.2 Å². The standard InChI is InChI=1S/C66H74N12O9/c1-4-6-28-85-62(80)73-41-55-19-8-14-50(30-55)36-67-26-27-72-61-25-13-24-60(35-61)46-78-65(83)76(44-58-22-11-17-53(33-58)39-70-47-68-37-51-15-9-20-56(31-51)42-74-63(81)86-29-7-5-2)64(82)77(66(78)84)45-59-23-12-18-54(34-59)40-71-48-69-38-52-16-10-21-57(32-52)43-75-87-49(3)79/h8-24,26,30-35,75H,4-7,25,27-29,36-46H2,1-3H3,(H,73,80)(H,74,81). The molecule has 5 aromatic carbocycles. The number of alkyl carbamates (subject to hydrolysis) is 2. The van der Waals surface area contributed by atoms with Gasteiger partial charge in [0.2, 0.25) is 0 Å². The summed E-state index contributed by atoms with van der Waals surface area (Å²) in [5.41, 5.74) is 10.1. The lowest BCUT2D eigenvalue weighted by Gasteiger charge is -2.16. The molecule has 1 aromatic heterocycles. The van der Waals surface area contributed by atoms with Crippen molar-refractivity contribution in [3.8, 4) is 0 Å². The molecule has 1 aliphatic rings.